The van der Waals surface area contributed by atoms with Gasteiger partial charge in [-0.1, -0.05) is 48.0 Å². The minimum Gasteiger partial charge on any atom is -0.490 e. The fourth-order valence-corrected chi connectivity index (χ4v) is 8.06. The second kappa shape index (κ2) is 17.9. The molecule has 1 saturated heterocycles. The van der Waals surface area contributed by atoms with Crippen molar-refractivity contribution in [2.24, 2.45) is 4.99 Å². The second-order valence-corrected chi connectivity index (χ2v) is 14.3. The van der Waals surface area contributed by atoms with Crippen molar-refractivity contribution < 1.29 is 36.9 Å². The fraction of sp³-hybridized carbons (Fsp3) is 0.486. The van der Waals surface area contributed by atoms with Gasteiger partial charge in [0.1, 0.15) is 12.4 Å². The van der Waals surface area contributed by atoms with Gasteiger partial charge in [0.2, 0.25) is 16.1 Å². The van der Waals surface area contributed by atoms with Crippen molar-refractivity contribution in [1.82, 2.24) is 4.31 Å². The van der Waals surface area contributed by atoms with Crippen LogP contribution in [0.25, 0.3) is 0 Å². The number of rotatable bonds is 17. The Morgan fingerprint density at radius 3 is 2.43 bits per heavy atom. The minimum absolute atomic E-state index is 0.00691. The molecule has 3 aromatic rings. The van der Waals surface area contributed by atoms with E-state index in [0.717, 1.165) is 53.2 Å². The zero-order valence-electron chi connectivity index (χ0n) is 28.6. The van der Waals surface area contributed by atoms with Crippen LogP contribution >= 0.6 is 0 Å². The monoisotopic (exact) mass is 693 g/mol. The van der Waals surface area contributed by atoms with E-state index in [2.05, 4.69) is 16.0 Å². The molecule has 3 atom stereocenters. The van der Waals surface area contributed by atoms with E-state index in [0.29, 0.717) is 39.5 Å². The number of aliphatic imine (C=N–C) groups is 1. The molecule has 0 radical (unpaired) electrons. The van der Waals surface area contributed by atoms with E-state index in [1.807, 2.05) is 43.3 Å². The SMILES string of the molecule is COCCCN1CCOc2ccc(CO[C@H]3CN(S(=O)(=O)c4ccc(C)cc4)[C@@H](CN=C=O)C[C@@H]3c3ccc(COCCOC)cc3)cc21. The maximum atomic E-state index is 14.1. The van der Waals surface area contributed by atoms with Crippen molar-refractivity contribution in [3.05, 3.63) is 89.0 Å². The second-order valence-electron chi connectivity index (χ2n) is 12.4. The van der Waals surface area contributed by atoms with Crippen molar-refractivity contribution in [2.75, 3.05) is 71.7 Å². The van der Waals surface area contributed by atoms with E-state index in [-0.39, 0.29) is 30.5 Å². The highest BCUT2D eigenvalue weighted by Crippen LogP contribution is 2.38. The highest BCUT2D eigenvalue weighted by Gasteiger charge is 2.43. The lowest BCUT2D eigenvalue weighted by Crippen LogP contribution is -2.53. The first-order valence-corrected chi connectivity index (χ1v) is 18.2. The topological polar surface area (TPSA) is 116 Å². The van der Waals surface area contributed by atoms with Crippen molar-refractivity contribution in [1.29, 1.82) is 0 Å². The van der Waals surface area contributed by atoms with Gasteiger partial charge >= 0.3 is 0 Å². The summed E-state index contributed by atoms with van der Waals surface area (Å²) < 4.78 is 58.3. The molecule has 11 nitrogen and oxygen atoms in total. The molecule has 0 N–H and O–H groups in total. The Balaban J connectivity index is 1.42. The summed E-state index contributed by atoms with van der Waals surface area (Å²) in [6, 6.07) is 20.5. The van der Waals surface area contributed by atoms with Crippen LogP contribution in [0.1, 0.15) is 41.0 Å². The largest absolute Gasteiger partial charge is 0.490 e. The number of carbonyl (C=O) groups excluding carboxylic acids is 1. The van der Waals surface area contributed by atoms with Crippen molar-refractivity contribution >= 4 is 21.8 Å². The Hall–Kier alpha value is -3.61. The third-order valence-electron chi connectivity index (χ3n) is 9.07. The van der Waals surface area contributed by atoms with E-state index in [9.17, 15) is 13.2 Å². The number of hydrogen-bond donors (Lipinski definition) is 0. The van der Waals surface area contributed by atoms with Crippen LogP contribution in [0.3, 0.4) is 0 Å². The summed E-state index contributed by atoms with van der Waals surface area (Å²) in [7, 11) is -0.581. The Morgan fingerprint density at radius 2 is 1.69 bits per heavy atom. The summed E-state index contributed by atoms with van der Waals surface area (Å²) in [6.07, 6.45) is 2.44. The number of fused-ring (bicyclic) bond motifs is 1. The predicted molar refractivity (Wildman–Crippen MR) is 186 cm³/mol. The van der Waals surface area contributed by atoms with Crippen LogP contribution in [0.2, 0.25) is 0 Å². The maximum absolute atomic E-state index is 14.1. The predicted octanol–water partition coefficient (Wildman–Crippen LogP) is 4.86. The molecule has 0 bridgehead atoms. The Morgan fingerprint density at radius 1 is 0.939 bits per heavy atom. The number of methoxy groups -OCH3 is 2. The number of isocyanates is 1. The fourth-order valence-electron chi connectivity index (χ4n) is 6.42. The van der Waals surface area contributed by atoms with Gasteiger partial charge in [-0.15, -0.1) is 0 Å². The highest BCUT2D eigenvalue weighted by atomic mass is 32.2. The first-order chi connectivity index (χ1) is 23.8. The van der Waals surface area contributed by atoms with E-state index < -0.39 is 22.2 Å². The van der Waals surface area contributed by atoms with Gasteiger partial charge in [0.05, 0.1) is 56.2 Å². The standard InChI is InChI=1S/C37H47N3O8S/c1-28-5-12-33(13-6-28)49(42,43)40-24-37(48-26-30-9-14-36-35(21-30)39(16-18-47-36)15-4-17-44-2)34(22-32(40)23-38-27-41)31-10-7-29(8-11-31)25-46-20-19-45-3/h5-14,21,32,34,37H,4,15-20,22-26H2,1-3H3/t32-,34-,37+/m1/s1. The highest BCUT2D eigenvalue weighted by molar-refractivity contribution is 7.89. The number of aryl methyl sites for hydroxylation is 1. The smallest absolute Gasteiger partial charge is 0.243 e. The molecular formula is C37H47N3O8S. The Bertz CT molecular complexity index is 1650. The summed E-state index contributed by atoms with van der Waals surface area (Å²) in [4.78, 5) is 17.6. The molecule has 5 rings (SSSR count). The number of anilines is 1. The molecule has 0 saturated carbocycles. The normalized spacial score (nSPS) is 19.6. The number of nitrogens with zero attached hydrogens (tertiary/aromatic N) is 3. The molecule has 2 aliphatic rings. The summed E-state index contributed by atoms with van der Waals surface area (Å²) in [5.41, 5.74) is 4.97. The zero-order chi connectivity index (χ0) is 34.6. The number of ether oxygens (including phenoxy) is 5. The lowest BCUT2D eigenvalue weighted by molar-refractivity contribution is -0.0186. The first kappa shape index (κ1) is 36.7. The molecule has 0 spiro atoms. The molecule has 2 heterocycles. The third-order valence-corrected chi connectivity index (χ3v) is 11.0. The van der Waals surface area contributed by atoms with Crippen LogP contribution in [0.4, 0.5) is 5.69 Å². The number of hydrogen-bond acceptors (Lipinski definition) is 10. The van der Waals surface area contributed by atoms with Crippen LogP contribution in [0, 0.1) is 6.92 Å². The molecule has 3 aromatic carbocycles. The maximum Gasteiger partial charge on any atom is 0.243 e. The minimum atomic E-state index is -3.93. The Kier molecular flexibility index (Phi) is 13.4. The van der Waals surface area contributed by atoms with Crippen LogP contribution in [0.15, 0.2) is 76.6 Å². The van der Waals surface area contributed by atoms with Gasteiger partial charge in [-0.3, -0.25) is 0 Å². The quantitative estimate of drug-likeness (QED) is 0.111. The van der Waals surface area contributed by atoms with Gasteiger partial charge in [-0.25, -0.2) is 18.2 Å². The van der Waals surface area contributed by atoms with Crippen molar-refractivity contribution in [3.63, 3.8) is 0 Å². The van der Waals surface area contributed by atoms with Crippen molar-refractivity contribution in [3.8, 4) is 5.75 Å². The Labute approximate surface area is 289 Å². The molecule has 264 valence electrons. The lowest BCUT2D eigenvalue weighted by Gasteiger charge is -2.42. The molecule has 12 heteroatoms. The average molecular weight is 694 g/mol. The van der Waals surface area contributed by atoms with Crippen LogP contribution < -0.4 is 9.64 Å². The third kappa shape index (κ3) is 9.55. The molecule has 0 aliphatic carbocycles. The van der Waals surface area contributed by atoms with E-state index >= 15 is 0 Å². The number of benzene rings is 3. The molecule has 1 fully saturated rings. The molecule has 2 aliphatic heterocycles. The van der Waals surface area contributed by atoms with Crippen molar-refractivity contribution in [2.45, 2.75) is 55.9 Å². The summed E-state index contributed by atoms with van der Waals surface area (Å²) in [5.74, 6) is 0.675. The van der Waals surface area contributed by atoms with Gasteiger partial charge in [-0.2, -0.15) is 4.31 Å². The van der Waals surface area contributed by atoms with Crippen LogP contribution in [-0.4, -0.2) is 97.8 Å². The van der Waals surface area contributed by atoms with E-state index in [1.54, 1.807) is 44.6 Å². The van der Waals surface area contributed by atoms with Gasteiger partial charge in [0.25, 0.3) is 0 Å². The van der Waals surface area contributed by atoms with Crippen LogP contribution in [-0.2, 0) is 47.0 Å². The van der Waals surface area contributed by atoms with Gasteiger partial charge in [0.15, 0.2) is 0 Å². The zero-order valence-corrected chi connectivity index (χ0v) is 29.4. The van der Waals surface area contributed by atoms with E-state index in [4.69, 9.17) is 23.7 Å². The summed E-state index contributed by atoms with van der Waals surface area (Å²) in [5, 5.41) is 0. The molecule has 0 aromatic heterocycles. The molecule has 0 unspecified atom stereocenters. The molecule has 49 heavy (non-hydrogen) atoms. The van der Waals surface area contributed by atoms with E-state index in [1.165, 1.54) is 4.31 Å². The van der Waals surface area contributed by atoms with Gasteiger partial charge in [0, 0.05) is 45.9 Å². The summed E-state index contributed by atoms with van der Waals surface area (Å²) in [6.45, 7) is 6.72. The number of sulfonamides is 1. The first-order valence-electron chi connectivity index (χ1n) is 16.7. The molecule has 0 amide bonds. The summed E-state index contributed by atoms with van der Waals surface area (Å²) >= 11 is 0. The van der Waals surface area contributed by atoms with Gasteiger partial charge in [-0.05, 0) is 60.7 Å². The average Bonchev–Trinajstić information content (AvgIpc) is 3.12. The lowest BCUT2D eigenvalue weighted by atomic mass is 9.83. The molecular weight excluding hydrogens is 646 g/mol. The number of piperidine rings is 1. The van der Waals surface area contributed by atoms with Gasteiger partial charge < -0.3 is 28.6 Å². The van der Waals surface area contributed by atoms with Crippen LogP contribution in [0.5, 0.6) is 5.75 Å².